The van der Waals surface area contributed by atoms with Gasteiger partial charge in [0.2, 0.25) is 5.91 Å². The van der Waals surface area contributed by atoms with Crippen LogP contribution in [0.4, 0.5) is 5.69 Å². The molecule has 16 heavy (non-hydrogen) atoms. The fraction of sp³-hybridized carbons (Fsp3) is 0.273. The van der Waals surface area contributed by atoms with Crippen molar-refractivity contribution in [1.82, 2.24) is 4.90 Å². The van der Waals surface area contributed by atoms with Crippen LogP contribution in [-0.2, 0) is 4.79 Å². The van der Waals surface area contributed by atoms with Crippen LogP contribution >= 0.6 is 24.0 Å². The number of carbonyl (C=O) groups excluding carboxylic acids is 1. The molecule has 0 saturated carbocycles. The van der Waals surface area contributed by atoms with Crippen LogP contribution in [0.5, 0.6) is 0 Å². The predicted octanol–water partition coefficient (Wildman–Crippen LogP) is 2.22. The smallest absolute Gasteiger partial charge is 0.239 e. The Kier molecular flexibility index (Phi) is 3.46. The third-order valence-corrected chi connectivity index (χ3v) is 3.73. The highest BCUT2D eigenvalue weighted by molar-refractivity contribution is 8.23. The zero-order valence-electron chi connectivity index (χ0n) is 8.90. The third-order valence-electron chi connectivity index (χ3n) is 2.30. The second kappa shape index (κ2) is 4.84. The molecule has 0 aliphatic carbocycles. The topological polar surface area (TPSA) is 32.3 Å². The lowest BCUT2D eigenvalue weighted by atomic mass is 10.2. The molecule has 2 rings (SSSR count). The summed E-state index contributed by atoms with van der Waals surface area (Å²) in [5, 5.41) is 3.19. The summed E-state index contributed by atoms with van der Waals surface area (Å²) in [4.78, 5) is 13.1. The summed E-state index contributed by atoms with van der Waals surface area (Å²) in [6.45, 7) is 2.49. The molecule has 1 amide bonds. The number of anilines is 1. The Morgan fingerprint density at radius 3 is 3.00 bits per heavy atom. The van der Waals surface area contributed by atoms with E-state index in [9.17, 15) is 4.79 Å². The first-order valence-corrected chi connectivity index (χ1v) is 6.34. The highest BCUT2D eigenvalue weighted by atomic mass is 32.2. The van der Waals surface area contributed by atoms with Crippen molar-refractivity contribution in [2.45, 2.75) is 6.92 Å². The average molecular weight is 252 g/mol. The number of hydrogen-bond acceptors (Lipinski definition) is 4. The van der Waals surface area contributed by atoms with Crippen LogP contribution < -0.4 is 5.32 Å². The zero-order valence-corrected chi connectivity index (χ0v) is 10.5. The number of hydrogen-bond donors (Lipinski definition) is 1. The molecule has 0 bridgehead atoms. The Morgan fingerprint density at radius 1 is 1.56 bits per heavy atom. The van der Waals surface area contributed by atoms with E-state index in [-0.39, 0.29) is 5.91 Å². The van der Waals surface area contributed by atoms with Crippen molar-refractivity contribution in [3.8, 4) is 0 Å². The minimum Gasteiger partial charge on any atom is -0.367 e. The van der Waals surface area contributed by atoms with Crippen LogP contribution in [0.2, 0.25) is 0 Å². The normalized spacial score (nSPS) is 15.7. The molecule has 1 aliphatic heterocycles. The number of carbonyl (C=O) groups is 1. The minimum absolute atomic E-state index is 0.0788. The second-order valence-corrected chi connectivity index (χ2v) is 5.19. The number of thiocarbonyl (C=S) groups is 1. The molecular weight excluding hydrogens is 240 g/mol. The summed E-state index contributed by atoms with van der Waals surface area (Å²) in [6.07, 6.45) is 0. The second-order valence-electron chi connectivity index (χ2n) is 3.58. The maximum Gasteiger partial charge on any atom is 0.239 e. The maximum absolute atomic E-state index is 11.5. The lowest BCUT2D eigenvalue weighted by molar-refractivity contribution is -0.123. The fourth-order valence-electron chi connectivity index (χ4n) is 1.46. The largest absolute Gasteiger partial charge is 0.367 e. The molecule has 0 atom stereocenters. The van der Waals surface area contributed by atoms with Crippen molar-refractivity contribution in [3.63, 3.8) is 0 Å². The van der Waals surface area contributed by atoms with E-state index < -0.39 is 0 Å². The summed E-state index contributed by atoms with van der Waals surface area (Å²) < 4.78 is 0.658. The molecule has 1 aromatic rings. The van der Waals surface area contributed by atoms with Gasteiger partial charge in [-0.2, -0.15) is 0 Å². The van der Waals surface area contributed by atoms with E-state index in [0.29, 0.717) is 16.7 Å². The van der Waals surface area contributed by atoms with Gasteiger partial charge in [0.25, 0.3) is 0 Å². The van der Waals surface area contributed by atoms with Gasteiger partial charge < -0.3 is 5.32 Å². The third kappa shape index (κ3) is 2.54. The SMILES string of the molecule is Cc1cccc(NCN2C(=O)CSC2=S)c1. The van der Waals surface area contributed by atoms with Crippen molar-refractivity contribution in [1.29, 1.82) is 0 Å². The van der Waals surface area contributed by atoms with E-state index in [1.807, 2.05) is 31.2 Å². The average Bonchev–Trinajstić information content (AvgIpc) is 2.56. The molecule has 1 fully saturated rings. The molecule has 0 radical (unpaired) electrons. The Labute approximate surface area is 104 Å². The Bertz CT molecular complexity index is 418. The van der Waals surface area contributed by atoms with Crippen LogP contribution in [-0.4, -0.2) is 27.5 Å². The van der Waals surface area contributed by atoms with Gasteiger partial charge in [0, 0.05) is 5.69 Å². The van der Waals surface area contributed by atoms with E-state index in [0.717, 1.165) is 5.69 Å². The first-order chi connectivity index (χ1) is 7.66. The van der Waals surface area contributed by atoms with Crippen molar-refractivity contribution in [2.24, 2.45) is 0 Å². The minimum atomic E-state index is 0.0788. The van der Waals surface area contributed by atoms with Gasteiger partial charge in [0.05, 0.1) is 12.4 Å². The quantitative estimate of drug-likeness (QED) is 0.836. The lowest BCUT2D eigenvalue weighted by Crippen LogP contribution is -2.33. The molecule has 84 valence electrons. The lowest BCUT2D eigenvalue weighted by Gasteiger charge is -2.16. The molecular formula is C11H12N2OS2. The molecule has 1 heterocycles. The predicted molar refractivity (Wildman–Crippen MR) is 71.6 cm³/mol. The summed E-state index contributed by atoms with van der Waals surface area (Å²) in [5.74, 6) is 0.545. The van der Waals surface area contributed by atoms with Crippen molar-refractivity contribution in [2.75, 3.05) is 17.7 Å². The monoisotopic (exact) mass is 252 g/mol. The Morgan fingerprint density at radius 2 is 2.38 bits per heavy atom. The number of benzene rings is 1. The number of nitrogens with one attached hydrogen (secondary N) is 1. The summed E-state index contributed by atoms with van der Waals surface area (Å²) >= 11 is 6.51. The Hall–Kier alpha value is -1.07. The molecule has 1 aliphatic rings. The van der Waals surface area contributed by atoms with Gasteiger partial charge in [0.15, 0.2) is 0 Å². The van der Waals surface area contributed by atoms with Crippen molar-refractivity contribution in [3.05, 3.63) is 29.8 Å². The molecule has 0 aromatic heterocycles. The van der Waals surface area contributed by atoms with Gasteiger partial charge in [-0.3, -0.25) is 9.69 Å². The van der Waals surface area contributed by atoms with E-state index in [1.165, 1.54) is 17.3 Å². The number of thioether (sulfide) groups is 1. The van der Waals surface area contributed by atoms with E-state index >= 15 is 0 Å². The Balaban J connectivity index is 1.97. The van der Waals surface area contributed by atoms with Crippen LogP contribution in [0.15, 0.2) is 24.3 Å². The number of aryl methyl sites for hydroxylation is 1. The molecule has 1 aromatic carbocycles. The van der Waals surface area contributed by atoms with Crippen LogP contribution in [0.3, 0.4) is 0 Å². The van der Waals surface area contributed by atoms with Gasteiger partial charge >= 0.3 is 0 Å². The molecule has 0 unspecified atom stereocenters. The highest BCUT2D eigenvalue weighted by Crippen LogP contribution is 2.19. The van der Waals surface area contributed by atoms with E-state index in [4.69, 9.17) is 12.2 Å². The van der Waals surface area contributed by atoms with Crippen molar-refractivity contribution >= 4 is 39.9 Å². The number of nitrogens with zero attached hydrogens (tertiary/aromatic N) is 1. The maximum atomic E-state index is 11.5. The summed E-state index contributed by atoms with van der Waals surface area (Å²) in [5.41, 5.74) is 2.20. The van der Waals surface area contributed by atoms with Gasteiger partial charge in [0.1, 0.15) is 4.32 Å². The number of amides is 1. The standard InChI is InChI=1S/C11H12N2OS2/c1-8-3-2-4-9(5-8)12-7-13-10(14)6-16-11(13)15/h2-5,12H,6-7H2,1H3. The molecule has 1 saturated heterocycles. The first kappa shape index (κ1) is 11.4. The molecule has 5 heteroatoms. The first-order valence-electron chi connectivity index (χ1n) is 4.94. The highest BCUT2D eigenvalue weighted by Gasteiger charge is 2.25. The van der Waals surface area contributed by atoms with Gasteiger partial charge in [-0.1, -0.05) is 36.1 Å². The van der Waals surface area contributed by atoms with E-state index in [1.54, 1.807) is 4.90 Å². The fourth-order valence-corrected chi connectivity index (χ4v) is 2.53. The van der Waals surface area contributed by atoms with Crippen molar-refractivity contribution < 1.29 is 4.79 Å². The molecule has 1 N–H and O–H groups in total. The van der Waals surface area contributed by atoms with Gasteiger partial charge in [-0.05, 0) is 24.6 Å². The van der Waals surface area contributed by atoms with Crippen LogP contribution in [0.25, 0.3) is 0 Å². The van der Waals surface area contributed by atoms with E-state index in [2.05, 4.69) is 5.32 Å². The zero-order chi connectivity index (χ0) is 11.5. The van der Waals surface area contributed by atoms with Gasteiger partial charge in [-0.25, -0.2) is 0 Å². The van der Waals surface area contributed by atoms with Crippen LogP contribution in [0.1, 0.15) is 5.56 Å². The summed E-state index contributed by atoms with van der Waals surface area (Å²) in [7, 11) is 0. The molecule has 0 spiro atoms. The van der Waals surface area contributed by atoms with Gasteiger partial charge in [-0.15, -0.1) is 0 Å². The molecule has 3 nitrogen and oxygen atoms in total. The summed E-state index contributed by atoms with van der Waals surface area (Å²) in [6, 6.07) is 8.03. The number of rotatable bonds is 3. The van der Waals surface area contributed by atoms with Crippen LogP contribution in [0, 0.1) is 6.92 Å².